The average Bonchev–Trinajstić information content (AvgIpc) is 3.27. The summed E-state index contributed by atoms with van der Waals surface area (Å²) in [5.41, 5.74) is 12.1. The standard InChI is InChI=1S/C43H66N8O15/c44-30-13-11-28(12-14-30)40(60)46-20-2-1-4-31(39(45)59)49-36(54)19-22-65-24-25-66-23-21-47-42(62)32(16-18-38(57)58)50-35(53)17-15-33(43(63)64)51-41(61)29-9-7-27(8-10-29)26-48-34(52)5-3-6-37(55)56/h11-14,27,29,31-33H,1-10,15-26,44H2,(H2,45,59)(H,46,60)(H,47,62)(H,48,52)(H,49,54)(H,50,53)(H,51,61)(H,55,56)(H,57,58)(H,63,64). The van der Waals surface area contributed by atoms with Crippen LogP contribution in [0.25, 0.3) is 0 Å². The molecule has 1 aliphatic carbocycles. The number of carboxylic acid groups (broad SMARTS) is 3. The summed E-state index contributed by atoms with van der Waals surface area (Å²) in [5.74, 6) is -7.45. The maximum atomic E-state index is 12.9. The molecule has 2 rings (SSSR count). The number of amides is 7. The van der Waals surface area contributed by atoms with Crippen molar-refractivity contribution in [3.8, 4) is 0 Å². The molecule has 0 radical (unpaired) electrons. The molecule has 1 aromatic rings. The summed E-state index contributed by atoms with van der Waals surface area (Å²) in [7, 11) is 0. The molecule has 66 heavy (non-hydrogen) atoms. The van der Waals surface area contributed by atoms with Crippen molar-refractivity contribution in [2.75, 3.05) is 51.8 Å². The van der Waals surface area contributed by atoms with Gasteiger partial charge in [0.1, 0.15) is 18.1 Å². The van der Waals surface area contributed by atoms with Gasteiger partial charge < -0.3 is 68.2 Å². The van der Waals surface area contributed by atoms with Gasteiger partial charge >= 0.3 is 17.9 Å². The zero-order chi connectivity index (χ0) is 48.9. The maximum Gasteiger partial charge on any atom is 0.326 e. The molecule has 1 fully saturated rings. The Kier molecular flexibility index (Phi) is 26.6. The number of unbranched alkanes of at least 4 members (excludes halogenated alkanes) is 1. The smallest absolute Gasteiger partial charge is 0.326 e. The van der Waals surface area contributed by atoms with Crippen molar-refractivity contribution < 1.29 is 72.7 Å². The number of ether oxygens (including phenoxy) is 2. The Morgan fingerprint density at radius 2 is 1.21 bits per heavy atom. The Balaban J connectivity index is 1.63. The molecule has 3 unspecified atom stereocenters. The summed E-state index contributed by atoms with van der Waals surface area (Å²) in [6.07, 6.45) is 2.27. The third-order valence-corrected chi connectivity index (χ3v) is 10.6. The van der Waals surface area contributed by atoms with Gasteiger partial charge in [0.25, 0.3) is 5.91 Å². The number of hydrogen-bond donors (Lipinski definition) is 11. The van der Waals surface area contributed by atoms with E-state index in [1.807, 2.05) is 0 Å². The number of anilines is 1. The van der Waals surface area contributed by atoms with Crippen LogP contribution in [0, 0.1) is 11.8 Å². The highest BCUT2D eigenvalue weighted by Gasteiger charge is 2.30. The third kappa shape index (κ3) is 24.6. The average molecular weight is 935 g/mol. The Hall–Kier alpha value is -6.36. The molecule has 0 aromatic heterocycles. The molecule has 0 spiro atoms. The molecule has 3 atom stereocenters. The SMILES string of the molecule is NC(=O)C(CCCCNC(=O)c1ccc(N)cc1)NC(=O)CCOCCOCCNC(=O)C(CCC(=O)O)NC(=O)CCC(NC(=O)C1CCC(CNC(=O)CCCC(=O)O)CC1)C(=O)O. The van der Waals surface area contributed by atoms with Gasteiger partial charge in [-0.1, -0.05) is 0 Å². The van der Waals surface area contributed by atoms with Crippen LogP contribution in [0.4, 0.5) is 5.69 Å². The number of primary amides is 1. The fraction of sp³-hybridized carbons (Fsp3) is 0.628. The van der Waals surface area contributed by atoms with E-state index in [4.69, 9.17) is 31.2 Å². The van der Waals surface area contributed by atoms with Gasteiger partial charge in [0.2, 0.25) is 35.4 Å². The maximum absolute atomic E-state index is 12.9. The van der Waals surface area contributed by atoms with Gasteiger partial charge in [0.05, 0.1) is 26.4 Å². The predicted octanol–water partition coefficient (Wildman–Crippen LogP) is -0.445. The molecule has 368 valence electrons. The van der Waals surface area contributed by atoms with Crippen molar-refractivity contribution in [3.05, 3.63) is 29.8 Å². The van der Waals surface area contributed by atoms with Crippen LogP contribution in [-0.2, 0) is 52.6 Å². The number of nitrogen functional groups attached to an aromatic ring is 1. The van der Waals surface area contributed by atoms with Crippen LogP contribution in [0.15, 0.2) is 24.3 Å². The molecule has 0 bridgehead atoms. The predicted molar refractivity (Wildman–Crippen MR) is 235 cm³/mol. The van der Waals surface area contributed by atoms with Crippen molar-refractivity contribution in [3.63, 3.8) is 0 Å². The van der Waals surface area contributed by atoms with Gasteiger partial charge in [-0.2, -0.15) is 0 Å². The van der Waals surface area contributed by atoms with Crippen molar-refractivity contribution in [2.45, 2.75) is 114 Å². The first-order chi connectivity index (χ1) is 31.4. The van der Waals surface area contributed by atoms with E-state index in [9.17, 15) is 53.1 Å². The number of carboxylic acids is 3. The lowest BCUT2D eigenvalue weighted by Gasteiger charge is -2.28. The second-order valence-corrected chi connectivity index (χ2v) is 15.9. The van der Waals surface area contributed by atoms with Gasteiger partial charge in [0, 0.05) is 68.9 Å². The fourth-order valence-corrected chi connectivity index (χ4v) is 6.82. The van der Waals surface area contributed by atoms with Gasteiger partial charge in [-0.3, -0.25) is 43.2 Å². The van der Waals surface area contributed by atoms with E-state index in [0.717, 1.165) is 0 Å². The molecular weight excluding hydrogens is 869 g/mol. The first kappa shape index (κ1) is 55.8. The summed E-state index contributed by atoms with van der Waals surface area (Å²) < 4.78 is 10.8. The molecule has 0 aliphatic heterocycles. The number of carbonyl (C=O) groups excluding carboxylic acids is 7. The Bertz CT molecular complexity index is 1770. The van der Waals surface area contributed by atoms with E-state index >= 15 is 0 Å². The van der Waals surface area contributed by atoms with Gasteiger partial charge in [-0.25, -0.2) is 4.79 Å². The van der Waals surface area contributed by atoms with Crippen LogP contribution in [0.1, 0.15) is 107 Å². The van der Waals surface area contributed by atoms with Gasteiger partial charge in [-0.05, 0) is 94.4 Å². The molecule has 23 nitrogen and oxygen atoms in total. The number of rotatable bonds is 34. The van der Waals surface area contributed by atoms with Crippen LogP contribution >= 0.6 is 0 Å². The number of carbonyl (C=O) groups is 10. The highest BCUT2D eigenvalue weighted by atomic mass is 16.5. The van der Waals surface area contributed by atoms with Crippen LogP contribution in [0.5, 0.6) is 0 Å². The largest absolute Gasteiger partial charge is 0.481 e. The quantitative estimate of drug-likeness (QED) is 0.0308. The summed E-state index contributed by atoms with van der Waals surface area (Å²) in [6, 6.07) is 2.92. The van der Waals surface area contributed by atoms with E-state index in [2.05, 4.69) is 31.9 Å². The number of hydrogen-bond acceptors (Lipinski definition) is 13. The second kappa shape index (κ2) is 31.5. The summed E-state index contributed by atoms with van der Waals surface area (Å²) in [4.78, 5) is 121. The van der Waals surface area contributed by atoms with E-state index in [1.54, 1.807) is 24.3 Å². The molecular formula is C43H66N8O15. The fourth-order valence-electron chi connectivity index (χ4n) is 6.82. The van der Waals surface area contributed by atoms with Gasteiger partial charge in [-0.15, -0.1) is 0 Å². The van der Waals surface area contributed by atoms with Gasteiger partial charge in [0.15, 0.2) is 0 Å². The first-order valence-electron chi connectivity index (χ1n) is 22.1. The lowest BCUT2D eigenvalue weighted by Crippen LogP contribution is -2.48. The number of benzene rings is 1. The van der Waals surface area contributed by atoms with Crippen LogP contribution in [0.2, 0.25) is 0 Å². The summed E-state index contributed by atoms with van der Waals surface area (Å²) >= 11 is 0. The normalized spacial score (nSPS) is 15.8. The zero-order valence-electron chi connectivity index (χ0n) is 37.1. The minimum Gasteiger partial charge on any atom is -0.481 e. The van der Waals surface area contributed by atoms with Crippen LogP contribution in [-0.4, -0.2) is 139 Å². The van der Waals surface area contributed by atoms with Crippen molar-refractivity contribution >= 4 is 64.9 Å². The van der Waals surface area contributed by atoms with Crippen molar-refractivity contribution in [2.24, 2.45) is 17.6 Å². The van der Waals surface area contributed by atoms with E-state index < -0.39 is 84.3 Å². The minimum atomic E-state index is -1.40. The van der Waals surface area contributed by atoms with E-state index in [-0.39, 0.29) is 95.7 Å². The molecule has 7 amide bonds. The minimum absolute atomic E-state index is 0.0115. The van der Waals surface area contributed by atoms with E-state index in [1.165, 1.54) is 0 Å². The molecule has 23 heteroatoms. The van der Waals surface area contributed by atoms with Crippen LogP contribution in [0.3, 0.4) is 0 Å². The molecule has 0 heterocycles. The number of nitrogens with one attached hydrogen (secondary N) is 6. The van der Waals surface area contributed by atoms with Crippen molar-refractivity contribution in [1.29, 1.82) is 0 Å². The lowest BCUT2D eigenvalue weighted by atomic mass is 9.81. The molecule has 1 saturated carbocycles. The molecule has 0 saturated heterocycles. The summed E-state index contributed by atoms with van der Waals surface area (Å²) in [6.45, 7) is 0.968. The molecule has 1 aromatic carbocycles. The highest BCUT2D eigenvalue weighted by molar-refractivity contribution is 5.94. The molecule has 13 N–H and O–H groups in total. The number of nitrogens with two attached hydrogens (primary N) is 2. The molecule has 1 aliphatic rings. The monoisotopic (exact) mass is 934 g/mol. The Morgan fingerprint density at radius 1 is 0.591 bits per heavy atom. The van der Waals surface area contributed by atoms with E-state index in [0.29, 0.717) is 62.9 Å². The zero-order valence-corrected chi connectivity index (χ0v) is 37.1. The third-order valence-electron chi connectivity index (χ3n) is 10.6. The Labute approximate surface area is 382 Å². The van der Waals surface area contributed by atoms with Crippen molar-refractivity contribution in [1.82, 2.24) is 31.9 Å². The Morgan fingerprint density at radius 3 is 1.85 bits per heavy atom. The first-order valence-corrected chi connectivity index (χ1v) is 22.1. The summed E-state index contributed by atoms with van der Waals surface area (Å²) in [5, 5.41) is 43.2. The topological polar surface area (TPSA) is 374 Å². The second-order valence-electron chi connectivity index (χ2n) is 15.9. The van der Waals surface area contributed by atoms with Crippen LogP contribution < -0.4 is 43.4 Å². The highest BCUT2D eigenvalue weighted by Crippen LogP contribution is 2.29. The lowest BCUT2D eigenvalue weighted by molar-refractivity contribution is -0.143. The number of aliphatic carboxylic acids is 3.